The molecule has 1 N–H and O–H groups in total. The van der Waals surface area contributed by atoms with Gasteiger partial charge < -0.3 is 10.1 Å². The first-order chi connectivity index (χ1) is 9.83. The van der Waals surface area contributed by atoms with Gasteiger partial charge in [0.05, 0.1) is 12.1 Å². The summed E-state index contributed by atoms with van der Waals surface area (Å²) in [6, 6.07) is 17.0. The Hall–Kier alpha value is -1.51. The van der Waals surface area contributed by atoms with Gasteiger partial charge in [-0.15, -0.1) is 0 Å². The number of halogens is 1. The average molecular weight is 286 g/mol. The molecule has 0 saturated carbocycles. The van der Waals surface area contributed by atoms with Gasteiger partial charge in [0.1, 0.15) is 0 Å². The van der Waals surface area contributed by atoms with Crippen LogP contribution in [0.4, 0.5) is 5.69 Å². The van der Waals surface area contributed by atoms with Gasteiger partial charge >= 0.3 is 0 Å². The maximum absolute atomic E-state index is 6.14. The lowest BCUT2D eigenvalue weighted by molar-refractivity contribution is 0.0829. The molecule has 0 radical (unpaired) electrons. The predicted octanol–water partition coefficient (Wildman–Crippen LogP) is 4.58. The second-order valence-corrected chi connectivity index (χ2v) is 5.94. The Bertz CT molecular complexity index is 628. The van der Waals surface area contributed by atoms with E-state index in [0.29, 0.717) is 12.0 Å². The molecule has 3 atom stereocenters. The molecule has 0 amide bonds. The van der Waals surface area contributed by atoms with Gasteiger partial charge in [-0.3, -0.25) is 0 Å². The maximum atomic E-state index is 6.14. The highest BCUT2D eigenvalue weighted by Gasteiger charge is 2.41. The van der Waals surface area contributed by atoms with Crippen molar-refractivity contribution in [3.63, 3.8) is 0 Å². The van der Waals surface area contributed by atoms with E-state index in [1.165, 1.54) is 11.1 Å². The lowest BCUT2D eigenvalue weighted by Gasteiger charge is -2.36. The molecule has 0 aliphatic carbocycles. The minimum absolute atomic E-state index is 0.162. The lowest BCUT2D eigenvalue weighted by Crippen LogP contribution is -2.29. The number of rotatable bonds is 1. The molecule has 3 heteroatoms. The molecule has 2 heterocycles. The highest BCUT2D eigenvalue weighted by molar-refractivity contribution is 6.30. The standard InChI is InChI=1S/C17H16ClNO/c18-12-6-7-15-14(10-12)17-13(8-9-20-17)16(19-15)11-4-2-1-3-5-11/h1-7,10,13,16-17,19H,8-9H2/t13-,16-,17-/m1/s1. The van der Waals surface area contributed by atoms with Crippen LogP contribution in [-0.4, -0.2) is 6.61 Å². The van der Waals surface area contributed by atoms with Crippen molar-refractivity contribution < 1.29 is 4.74 Å². The van der Waals surface area contributed by atoms with Crippen LogP contribution < -0.4 is 5.32 Å². The predicted molar refractivity (Wildman–Crippen MR) is 81.1 cm³/mol. The monoisotopic (exact) mass is 285 g/mol. The Balaban J connectivity index is 1.79. The fraction of sp³-hybridized carbons (Fsp3) is 0.294. The fourth-order valence-electron chi connectivity index (χ4n) is 3.43. The van der Waals surface area contributed by atoms with Crippen molar-refractivity contribution >= 4 is 17.3 Å². The van der Waals surface area contributed by atoms with E-state index < -0.39 is 0 Å². The number of fused-ring (bicyclic) bond motifs is 3. The molecule has 2 nitrogen and oxygen atoms in total. The van der Waals surface area contributed by atoms with Crippen molar-refractivity contribution in [2.45, 2.75) is 18.6 Å². The Morgan fingerprint density at radius 1 is 1.10 bits per heavy atom. The third-order valence-corrected chi connectivity index (χ3v) is 4.59. The highest BCUT2D eigenvalue weighted by atomic mass is 35.5. The molecule has 102 valence electrons. The summed E-state index contributed by atoms with van der Waals surface area (Å²) < 4.78 is 5.99. The van der Waals surface area contributed by atoms with Gasteiger partial charge in [-0.1, -0.05) is 41.9 Å². The Labute approximate surface area is 123 Å². The SMILES string of the molecule is Clc1ccc2c(c1)[C@@H]1OCC[C@@H]1[C@@H](c1ccccc1)N2. The molecule has 0 unspecified atom stereocenters. The summed E-state index contributed by atoms with van der Waals surface area (Å²) >= 11 is 6.14. The second-order valence-electron chi connectivity index (χ2n) is 5.51. The van der Waals surface area contributed by atoms with E-state index in [4.69, 9.17) is 16.3 Å². The molecule has 0 bridgehead atoms. The van der Waals surface area contributed by atoms with Crippen molar-refractivity contribution in [1.82, 2.24) is 0 Å². The molecule has 4 rings (SSSR count). The molecule has 1 fully saturated rings. The minimum Gasteiger partial charge on any atom is -0.378 e. The van der Waals surface area contributed by atoms with Gasteiger partial charge in [0.2, 0.25) is 0 Å². The van der Waals surface area contributed by atoms with E-state index in [0.717, 1.165) is 23.7 Å². The third kappa shape index (κ3) is 1.91. The molecule has 1 saturated heterocycles. The lowest BCUT2D eigenvalue weighted by atomic mass is 9.81. The van der Waals surface area contributed by atoms with E-state index in [1.54, 1.807) is 0 Å². The van der Waals surface area contributed by atoms with Crippen molar-refractivity contribution in [2.24, 2.45) is 5.92 Å². The zero-order valence-corrected chi connectivity index (χ0v) is 11.8. The smallest absolute Gasteiger partial charge is 0.0897 e. The molecule has 2 aromatic carbocycles. The number of hydrogen-bond acceptors (Lipinski definition) is 2. The van der Waals surface area contributed by atoms with Crippen LogP contribution >= 0.6 is 11.6 Å². The first-order valence-electron chi connectivity index (χ1n) is 7.05. The highest BCUT2D eigenvalue weighted by Crippen LogP contribution is 2.50. The van der Waals surface area contributed by atoms with Crippen LogP contribution in [0.2, 0.25) is 5.02 Å². The van der Waals surface area contributed by atoms with E-state index >= 15 is 0 Å². The quantitative estimate of drug-likeness (QED) is 0.828. The van der Waals surface area contributed by atoms with Crippen LogP contribution in [0, 0.1) is 5.92 Å². The topological polar surface area (TPSA) is 21.3 Å². The summed E-state index contributed by atoms with van der Waals surface area (Å²) in [5, 5.41) is 4.45. The van der Waals surface area contributed by atoms with Crippen molar-refractivity contribution in [2.75, 3.05) is 11.9 Å². The van der Waals surface area contributed by atoms with Crippen LogP contribution in [0.1, 0.15) is 29.7 Å². The van der Waals surface area contributed by atoms with Crippen molar-refractivity contribution in [3.05, 3.63) is 64.7 Å². The van der Waals surface area contributed by atoms with Crippen LogP contribution in [0.25, 0.3) is 0 Å². The first-order valence-corrected chi connectivity index (χ1v) is 7.43. The number of benzene rings is 2. The molecular weight excluding hydrogens is 270 g/mol. The average Bonchev–Trinajstić information content (AvgIpc) is 2.97. The summed E-state index contributed by atoms with van der Waals surface area (Å²) in [6.07, 6.45) is 1.25. The summed E-state index contributed by atoms with van der Waals surface area (Å²) in [5.41, 5.74) is 3.67. The van der Waals surface area contributed by atoms with Crippen LogP contribution in [0.3, 0.4) is 0 Å². The van der Waals surface area contributed by atoms with E-state index in [2.05, 4.69) is 41.7 Å². The van der Waals surface area contributed by atoms with Gasteiger partial charge in [0.15, 0.2) is 0 Å². The third-order valence-electron chi connectivity index (χ3n) is 4.36. The summed E-state index contributed by atoms with van der Waals surface area (Å²) in [5.74, 6) is 0.475. The zero-order chi connectivity index (χ0) is 13.5. The Kier molecular flexibility index (Phi) is 2.94. The number of ether oxygens (including phenoxy) is 1. The summed E-state index contributed by atoms with van der Waals surface area (Å²) in [6.45, 7) is 0.826. The second kappa shape index (κ2) is 4.80. The molecule has 2 aromatic rings. The minimum atomic E-state index is 0.162. The van der Waals surface area contributed by atoms with Gasteiger partial charge in [-0.2, -0.15) is 0 Å². The molecule has 2 aliphatic heterocycles. The molecular formula is C17H16ClNO. The van der Waals surface area contributed by atoms with Crippen molar-refractivity contribution in [1.29, 1.82) is 0 Å². The van der Waals surface area contributed by atoms with E-state index in [1.807, 2.05) is 12.1 Å². The number of hydrogen-bond donors (Lipinski definition) is 1. The molecule has 0 spiro atoms. The van der Waals surface area contributed by atoms with E-state index in [9.17, 15) is 0 Å². The zero-order valence-electron chi connectivity index (χ0n) is 11.1. The number of anilines is 1. The molecule has 0 aromatic heterocycles. The van der Waals surface area contributed by atoms with Crippen LogP contribution in [-0.2, 0) is 4.74 Å². The summed E-state index contributed by atoms with van der Waals surface area (Å²) in [4.78, 5) is 0. The van der Waals surface area contributed by atoms with Gasteiger partial charge in [-0.25, -0.2) is 0 Å². The van der Waals surface area contributed by atoms with Crippen LogP contribution in [0.15, 0.2) is 48.5 Å². The maximum Gasteiger partial charge on any atom is 0.0897 e. The van der Waals surface area contributed by atoms with Gasteiger partial charge in [0.25, 0.3) is 0 Å². The van der Waals surface area contributed by atoms with Gasteiger partial charge in [-0.05, 0) is 30.2 Å². The largest absolute Gasteiger partial charge is 0.378 e. The first kappa shape index (κ1) is 12.2. The van der Waals surface area contributed by atoms with Crippen LogP contribution in [0.5, 0.6) is 0 Å². The fourth-order valence-corrected chi connectivity index (χ4v) is 3.61. The van der Waals surface area contributed by atoms with Gasteiger partial charge in [0, 0.05) is 28.8 Å². The Morgan fingerprint density at radius 2 is 1.95 bits per heavy atom. The van der Waals surface area contributed by atoms with E-state index in [-0.39, 0.29) is 6.10 Å². The van der Waals surface area contributed by atoms with Crippen molar-refractivity contribution in [3.8, 4) is 0 Å². The molecule has 20 heavy (non-hydrogen) atoms. The Morgan fingerprint density at radius 3 is 2.80 bits per heavy atom. The number of nitrogens with one attached hydrogen (secondary N) is 1. The summed E-state index contributed by atoms with van der Waals surface area (Å²) in [7, 11) is 0. The molecule has 2 aliphatic rings. The normalized spacial score (nSPS) is 27.6.